The van der Waals surface area contributed by atoms with Gasteiger partial charge in [0.1, 0.15) is 0 Å². The van der Waals surface area contributed by atoms with Gasteiger partial charge in [-0.3, -0.25) is 4.79 Å². The summed E-state index contributed by atoms with van der Waals surface area (Å²) in [6, 6.07) is 14.9. The van der Waals surface area contributed by atoms with Crippen LogP contribution < -0.4 is 10.0 Å². The fourth-order valence-corrected chi connectivity index (χ4v) is 4.14. The lowest BCUT2D eigenvalue weighted by Gasteiger charge is -2.11. The second kappa shape index (κ2) is 6.75. The summed E-state index contributed by atoms with van der Waals surface area (Å²) in [5, 5.41) is 2.83. The van der Waals surface area contributed by atoms with Gasteiger partial charge in [0.25, 0.3) is 0 Å². The summed E-state index contributed by atoms with van der Waals surface area (Å²) in [7, 11) is -3.42. The third kappa shape index (κ3) is 3.83. The maximum Gasteiger partial charge on any atom is 0.232 e. The fourth-order valence-electron chi connectivity index (χ4n) is 2.99. The van der Waals surface area contributed by atoms with Crippen LogP contribution in [0.5, 0.6) is 0 Å². The Morgan fingerprint density at radius 3 is 2.71 bits per heavy atom. The van der Waals surface area contributed by atoms with Crippen LogP contribution in [0.2, 0.25) is 0 Å². The van der Waals surface area contributed by atoms with E-state index in [1.54, 1.807) is 6.07 Å². The third-order valence-electron chi connectivity index (χ3n) is 4.10. The number of carbonyl (C=O) groups excluding carboxylic acids is 1. The number of aryl methyl sites for hydroxylation is 1. The van der Waals surface area contributed by atoms with E-state index in [0.717, 1.165) is 22.4 Å². The van der Waals surface area contributed by atoms with Crippen LogP contribution in [0, 0.1) is 6.92 Å². The number of sulfonamides is 1. The highest BCUT2D eigenvalue weighted by molar-refractivity contribution is 7.88. The molecule has 2 N–H and O–H groups in total. The van der Waals surface area contributed by atoms with Crippen molar-refractivity contribution in [2.45, 2.75) is 25.0 Å². The van der Waals surface area contributed by atoms with E-state index in [-0.39, 0.29) is 24.1 Å². The third-order valence-corrected chi connectivity index (χ3v) is 5.46. The molecule has 0 fully saturated rings. The molecule has 0 saturated carbocycles. The van der Waals surface area contributed by atoms with E-state index in [4.69, 9.17) is 0 Å². The van der Waals surface area contributed by atoms with Crippen LogP contribution in [0.1, 0.15) is 29.0 Å². The lowest BCUT2D eigenvalue weighted by Crippen LogP contribution is -2.28. The highest BCUT2D eigenvalue weighted by Crippen LogP contribution is 2.33. The number of nitrogens with one attached hydrogen (secondary N) is 2. The lowest BCUT2D eigenvalue weighted by molar-refractivity contribution is -0.117. The monoisotopic (exact) mass is 344 g/mol. The predicted molar refractivity (Wildman–Crippen MR) is 94.2 cm³/mol. The molecule has 0 radical (unpaired) electrons. The van der Waals surface area contributed by atoms with E-state index >= 15 is 0 Å². The summed E-state index contributed by atoms with van der Waals surface area (Å²) in [6.45, 7) is 2.17. The van der Waals surface area contributed by atoms with E-state index in [1.807, 2.05) is 49.4 Å². The normalized spacial score (nSPS) is 16.7. The van der Waals surface area contributed by atoms with E-state index in [2.05, 4.69) is 10.0 Å². The van der Waals surface area contributed by atoms with Crippen LogP contribution in [0.3, 0.4) is 0 Å². The molecular weight excluding hydrogens is 324 g/mol. The molecule has 1 unspecified atom stereocenters. The zero-order valence-electron chi connectivity index (χ0n) is 13.5. The van der Waals surface area contributed by atoms with Crippen molar-refractivity contribution in [1.82, 2.24) is 4.72 Å². The van der Waals surface area contributed by atoms with Crippen molar-refractivity contribution in [3.8, 4) is 0 Å². The maximum absolute atomic E-state index is 12.2. The Kier molecular flexibility index (Phi) is 4.69. The van der Waals surface area contributed by atoms with Crippen molar-refractivity contribution >= 4 is 21.6 Å². The molecule has 0 aromatic heterocycles. The largest absolute Gasteiger partial charge is 0.325 e. The van der Waals surface area contributed by atoms with Crippen LogP contribution in [-0.2, 0) is 20.6 Å². The van der Waals surface area contributed by atoms with Crippen molar-refractivity contribution in [3.63, 3.8) is 0 Å². The number of hydrogen-bond acceptors (Lipinski definition) is 3. The lowest BCUT2D eigenvalue weighted by atomic mass is 9.97. The molecule has 1 amide bonds. The Balaban J connectivity index is 1.59. The average Bonchev–Trinajstić information content (AvgIpc) is 2.83. The summed E-state index contributed by atoms with van der Waals surface area (Å²) >= 11 is 0. The molecule has 0 aliphatic carbocycles. The average molecular weight is 344 g/mol. The summed E-state index contributed by atoms with van der Waals surface area (Å²) in [5.41, 5.74) is 3.53. The van der Waals surface area contributed by atoms with E-state index in [9.17, 15) is 13.2 Å². The van der Waals surface area contributed by atoms with Gasteiger partial charge in [-0.1, -0.05) is 48.0 Å². The maximum atomic E-state index is 12.2. The minimum atomic E-state index is -3.42. The topological polar surface area (TPSA) is 75.3 Å². The first-order chi connectivity index (χ1) is 11.4. The van der Waals surface area contributed by atoms with Gasteiger partial charge >= 0.3 is 0 Å². The van der Waals surface area contributed by atoms with Gasteiger partial charge in [0, 0.05) is 12.2 Å². The number of anilines is 1. The summed E-state index contributed by atoms with van der Waals surface area (Å²) in [5.74, 6) is -0.431. The standard InChI is InChI=1S/C18H20N2O3S/c1-13-5-4-6-14(11-13)12-24(22,23)19-10-9-16-15-7-2-3-8-17(15)20-18(16)21/h2-8,11,16,19H,9-10,12H2,1H3,(H,20,21). The zero-order valence-corrected chi connectivity index (χ0v) is 14.3. The summed E-state index contributed by atoms with van der Waals surface area (Å²) in [6.07, 6.45) is 0.440. The minimum Gasteiger partial charge on any atom is -0.325 e. The summed E-state index contributed by atoms with van der Waals surface area (Å²) in [4.78, 5) is 12.0. The van der Waals surface area contributed by atoms with Crippen molar-refractivity contribution in [2.24, 2.45) is 0 Å². The highest BCUT2D eigenvalue weighted by Gasteiger charge is 2.29. The Bertz CT molecular complexity index is 862. The van der Waals surface area contributed by atoms with Gasteiger partial charge in [-0.2, -0.15) is 0 Å². The number of amides is 1. The van der Waals surface area contributed by atoms with Gasteiger partial charge < -0.3 is 5.32 Å². The molecule has 5 nitrogen and oxygen atoms in total. The van der Waals surface area contributed by atoms with Gasteiger partial charge in [-0.25, -0.2) is 13.1 Å². The SMILES string of the molecule is Cc1cccc(CS(=O)(=O)NCCC2C(=O)Nc3ccccc32)c1. The van der Waals surface area contributed by atoms with E-state index in [0.29, 0.717) is 6.42 Å². The first-order valence-electron chi connectivity index (χ1n) is 7.87. The smallest absolute Gasteiger partial charge is 0.232 e. The van der Waals surface area contributed by atoms with Crippen LogP contribution in [0.25, 0.3) is 0 Å². The molecule has 1 heterocycles. The zero-order chi connectivity index (χ0) is 17.2. The number of para-hydroxylation sites is 1. The summed E-state index contributed by atoms with van der Waals surface area (Å²) < 4.78 is 27.0. The Labute approximate surface area is 142 Å². The number of benzene rings is 2. The Morgan fingerprint density at radius 2 is 1.92 bits per heavy atom. The first-order valence-corrected chi connectivity index (χ1v) is 9.52. The highest BCUT2D eigenvalue weighted by atomic mass is 32.2. The van der Waals surface area contributed by atoms with Crippen molar-refractivity contribution < 1.29 is 13.2 Å². The number of carbonyl (C=O) groups is 1. The van der Waals surface area contributed by atoms with Gasteiger partial charge in [-0.15, -0.1) is 0 Å². The van der Waals surface area contributed by atoms with Crippen LogP contribution in [-0.4, -0.2) is 20.9 Å². The molecule has 6 heteroatoms. The molecular formula is C18H20N2O3S. The molecule has 1 aliphatic rings. The van der Waals surface area contributed by atoms with Crippen molar-refractivity contribution in [3.05, 3.63) is 65.2 Å². The molecule has 2 aromatic rings. The predicted octanol–water partition coefficient (Wildman–Crippen LogP) is 2.54. The van der Waals surface area contributed by atoms with E-state index in [1.165, 1.54) is 0 Å². The second-order valence-electron chi connectivity index (χ2n) is 6.06. The van der Waals surface area contributed by atoms with Crippen LogP contribution in [0.4, 0.5) is 5.69 Å². The quantitative estimate of drug-likeness (QED) is 0.845. The minimum absolute atomic E-state index is 0.0534. The molecule has 24 heavy (non-hydrogen) atoms. The Hall–Kier alpha value is -2.18. The fraction of sp³-hybridized carbons (Fsp3) is 0.278. The number of hydrogen-bond donors (Lipinski definition) is 2. The van der Waals surface area contributed by atoms with Gasteiger partial charge in [-0.05, 0) is 30.5 Å². The van der Waals surface area contributed by atoms with Crippen LogP contribution >= 0.6 is 0 Å². The van der Waals surface area contributed by atoms with Gasteiger partial charge in [0.05, 0.1) is 11.7 Å². The molecule has 3 rings (SSSR count). The molecule has 126 valence electrons. The molecule has 0 spiro atoms. The van der Waals surface area contributed by atoms with Gasteiger partial charge in [0.15, 0.2) is 0 Å². The number of rotatable bonds is 6. The Morgan fingerprint density at radius 1 is 1.12 bits per heavy atom. The van der Waals surface area contributed by atoms with Crippen LogP contribution in [0.15, 0.2) is 48.5 Å². The second-order valence-corrected chi connectivity index (χ2v) is 7.87. The molecule has 0 bridgehead atoms. The van der Waals surface area contributed by atoms with Crippen molar-refractivity contribution in [2.75, 3.05) is 11.9 Å². The molecule has 1 aliphatic heterocycles. The van der Waals surface area contributed by atoms with E-state index < -0.39 is 10.0 Å². The molecule has 0 saturated heterocycles. The van der Waals surface area contributed by atoms with Gasteiger partial charge in [0.2, 0.25) is 15.9 Å². The first kappa shape index (κ1) is 16.7. The molecule has 1 atom stereocenters. The van der Waals surface area contributed by atoms with Crippen molar-refractivity contribution in [1.29, 1.82) is 0 Å². The molecule has 2 aromatic carbocycles. The number of fused-ring (bicyclic) bond motifs is 1.